The third-order valence-corrected chi connectivity index (χ3v) is 4.10. The first-order valence-corrected chi connectivity index (χ1v) is 8.09. The van der Waals surface area contributed by atoms with Gasteiger partial charge in [-0.1, -0.05) is 12.1 Å². The molecule has 23 heavy (non-hydrogen) atoms. The summed E-state index contributed by atoms with van der Waals surface area (Å²) in [6.45, 7) is 1.48. The normalized spacial score (nSPS) is 19.1. The summed E-state index contributed by atoms with van der Waals surface area (Å²) in [7, 11) is 0. The Morgan fingerprint density at radius 2 is 2.09 bits per heavy atom. The van der Waals surface area contributed by atoms with Crippen LogP contribution < -0.4 is 4.74 Å². The lowest BCUT2D eigenvalue weighted by Gasteiger charge is -2.31. The van der Waals surface area contributed by atoms with Gasteiger partial charge in [0.15, 0.2) is 0 Å². The number of nitrogens with zero attached hydrogens (tertiary/aromatic N) is 1. The summed E-state index contributed by atoms with van der Waals surface area (Å²) in [5.41, 5.74) is 0.604. The van der Waals surface area contributed by atoms with Crippen LogP contribution in [0.4, 0.5) is 13.2 Å². The molecule has 1 saturated heterocycles. The molecule has 0 saturated carbocycles. The average Bonchev–Trinajstić information content (AvgIpc) is 2.52. The fourth-order valence-electron chi connectivity index (χ4n) is 2.00. The average molecular weight is 347 g/mol. The van der Waals surface area contributed by atoms with Gasteiger partial charge in [0.1, 0.15) is 12.5 Å². The van der Waals surface area contributed by atoms with Gasteiger partial charge in [0.05, 0.1) is 6.61 Å². The van der Waals surface area contributed by atoms with Gasteiger partial charge in [-0.05, 0) is 30.0 Å². The summed E-state index contributed by atoms with van der Waals surface area (Å²) in [4.78, 5) is 13.6. The van der Waals surface area contributed by atoms with Crippen LogP contribution in [0.1, 0.15) is 5.56 Å². The van der Waals surface area contributed by atoms with Gasteiger partial charge in [0, 0.05) is 17.9 Å². The monoisotopic (exact) mass is 347 g/mol. The topological polar surface area (TPSA) is 38.8 Å². The number of ether oxygens (including phenoxy) is 2. The maximum Gasteiger partial charge on any atom is 0.573 e. The third-order valence-electron chi connectivity index (χ3n) is 3.15. The van der Waals surface area contributed by atoms with Crippen molar-refractivity contribution in [2.45, 2.75) is 11.6 Å². The molecule has 0 spiro atoms. The molecule has 8 heteroatoms. The molecular weight excluding hydrogens is 331 g/mol. The third kappa shape index (κ3) is 5.80. The largest absolute Gasteiger partial charge is 0.573 e. The van der Waals surface area contributed by atoms with Gasteiger partial charge in [-0.25, -0.2) is 0 Å². The Labute approximate surface area is 136 Å². The van der Waals surface area contributed by atoms with Crippen LogP contribution >= 0.6 is 11.8 Å². The lowest BCUT2D eigenvalue weighted by atomic mass is 10.2. The maximum absolute atomic E-state index is 12.1. The first-order valence-electron chi connectivity index (χ1n) is 6.81. The van der Waals surface area contributed by atoms with Gasteiger partial charge in [0.25, 0.3) is 0 Å². The van der Waals surface area contributed by atoms with Crippen molar-refractivity contribution in [3.8, 4) is 5.75 Å². The highest BCUT2D eigenvalue weighted by atomic mass is 32.2. The Morgan fingerprint density at radius 3 is 2.70 bits per heavy atom. The number of carbonyl (C=O) groups excluding carboxylic acids is 1. The Morgan fingerprint density at radius 1 is 1.39 bits per heavy atom. The molecule has 1 unspecified atom stereocenters. The van der Waals surface area contributed by atoms with Crippen LogP contribution in [0.15, 0.2) is 30.3 Å². The zero-order valence-electron chi connectivity index (χ0n) is 12.4. The molecular formula is C15H16F3NO3S. The highest BCUT2D eigenvalue weighted by Crippen LogP contribution is 2.23. The van der Waals surface area contributed by atoms with Gasteiger partial charge in [-0.3, -0.25) is 4.79 Å². The molecule has 0 bridgehead atoms. The quantitative estimate of drug-likeness (QED) is 0.785. The second kappa shape index (κ2) is 7.74. The lowest BCUT2D eigenvalue weighted by Crippen LogP contribution is -2.43. The Bertz CT molecular complexity index is 560. The number of carbonyl (C=O) groups is 1. The maximum atomic E-state index is 12.1. The SMILES string of the molecule is CSC1COCN(C(=O)C=Cc2ccc(OC(F)(F)F)cc2)C1. The molecule has 1 aromatic rings. The van der Waals surface area contributed by atoms with Crippen molar-refractivity contribution in [3.63, 3.8) is 0 Å². The van der Waals surface area contributed by atoms with Crippen molar-refractivity contribution in [1.29, 1.82) is 0 Å². The number of hydrogen-bond acceptors (Lipinski definition) is 4. The number of alkyl halides is 3. The van der Waals surface area contributed by atoms with Gasteiger partial charge in [-0.2, -0.15) is 11.8 Å². The second-order valence-corrected chi connectivity index (χ2v) is 6.01. The van der Waals surface area contributed by atoms with Crippen LogP contribution in [-0.2, 0) is 9.53 Å². The van der Waals surface area contributed by atoms with Crippen LogP contribution in [-0.4, -0.2) is 48.6 Å². The first-order chi connectivity index (χ1) is 10.9. The zero-order chi connectivity index (χ0) is 16.9. The van der Waals surface area contributed by atoms with E-state index in [1.165, 1.54) is 30.3 Å². The minimum atomic E-state index is -4.71. The highest BCUT2D eigenvalue weighted by Gasteiger charge is 2.30. The van der Waals surface area contributed by atoms with Crippen molar-refractivity contribution in [2.75, 3.05) is 26.1 Å². The molecule has 0 N–H and O–H groups in total. The van der Waals surface area contributed by atoms with Crippen molar-refractivity contribution in [1.82, 2.24) is 4.90 Å². The van der Waals surface area contributed by atoms with E-state index in [0.29, 0.717) is 18.7 Å². The van der Waals surface area contributed by atoms with Crippen molar-refractivity contribution >= 4 is 23.7 Å². The van der Waals surface area contributed by atoms with Crippen molar-refractivity contribution in [3.05, 3.63) is 35.9 Å². The molecule has 1 atom stereocenters. The first kappa shape index (κ1) is 17.7. The van der Waals surface area contributed by atoms with E-state index >= 15 is 0 Å². The van der Waals surface area contributed by atoms with Crippen molar-refractivity contribution < 1.29 is 27.4 Å². The van der Waals surface area contributed by atoms with E-state index in [1.807, 2.05) is 6.26 Å². The summed E-state index contributed by atoms with van der Waals surface area (Å²) in [6.07, 6.45) is 0.173. The van der Waals surface area contributed by atoms with Gasteiger partial charge < -0.3 is 14.4 Å². The molecule has 1 heterocycles. The Kier molecular flexibility index (Phi) is 5.95. The molecule has 1 aromatic carbocycles. The van der Waals surface area contributed by atoms with Crippen molar-refractivity contribution in [2.24, 2.45) is 0 Å². The standard InChI is InChI=1S/C15H16F3NO3S/c1-23-13-8-19(10-21-9-13)14(20)7-4-11-2-5-12(6-3-11)22-15(16,17)18/h2-7,13H,8-10H2,1H3. The van der Waals surface area contributed by atoms with Crippen LogP contribution in [0.3, 0.4) is 0 Å². The molecule has 0 aliphatic carbocycles. The molecule has 126 valence electrons. The molecule has 0 radical (unpaired) electrons. The van der Waals surface area contributed by atoms with E-state index in [0.717, 1.165) is 0 Å². The summed E-state index contributed by atoms with van der Waals surface area (Å²) < 4.78 is 45.3. The number of halogens is 3. The summed E-state index contributed by atoms with van der Waals surface area (Å²) in [5.74, 6) is -0.493. The minimum absolute atomic E-state index is 0.195. The summed E-state index contributed by atoms with van der Waals surface area (Å²) in [5, 5.41) is 0.250. The lowest BCUT2D eigenvalue weighted by molar-refractivity contribution is -0.274. The van der Waals surface area contributed by atoms with E-state index < -0.39 is 6.36 Å². The van der Waals surface area contributed by atoms with Gasteiger partial charge >= 0.3 is 6.36 Å². The molecule has 2 rings (SSSR count). The zero-order valence-corrected chi connectivity index (χ0v) is 13.2. The smallest absolute Gasteiger partial charge is 0.406 e. The van der Waals surface area contributed by atoms with E-state index in [2.05, 4.69) is 4.74 Å². The molecule has 1 amide bonds. The molecule has 4 nitrogen and oxygen atoms in total. The van der Waals surface area contributed by atoms with E-state index in [-0.39, 0.29) is 23.6 Å². The van der Waals surface area contributed by atoms with Gasteiger partial charge in [0.2, 0.25) is 5.91 Å². The summed E-state index contributed by atoms with van der Waals surface area (Å²) >= 11 is 1.64. The second-order valence-electron chi connectivity index (χ2n) is 4.87. The molecule has 1 aliphatic rings. The Balaban J connectivity index is 1.93. The predicted molar refractivity (Wildman–Crippen MR) is 82.0 cm³/mol. The fraction of sp³-hybridized carbons (Fsp3) is 0.400. The molecule has 1 aliphatic heterocycles. The van der Waals surface area contributed by atoms with E-state index in [1.54, 1.807) is 22.7 Å². The predicted octanol–water partition coefficient (Wildman–Crippen LogP) is 3.15. The van der Waals surface area contributed by atoms with Crippen LogP contribution in [0.5, 0.6) is 5.75 Å². The number of thioether (sulfide) groups is 1. The van der Waals surface area contributed by atoms with Gasteiger partial charge in [-0.15, -0.1) is 13.2 Å². The highest BCUT2D eigenvalue weighted by molar-refractivity contribution is 7.99. The van der Waals surface area contributed by atoms with E-state index in [4.69, 9.17) is 4.74 Å². The minimum Gasteiger partial charge on any atom is -0.406 e. The number of rotatable bonds is 4. The van der Waals surface area contributed by atoms with Crippen LogP contribution in [0.2, 0.25) is 0 Å². The van der Waals surface area contributed by atoms with Crippen LogP contribution in [0.25, 0.3) is 6.08 Å². The number of amides is 1. The number of benzene rings is 1. The van der Waals surface area contributed by atoms with Crippen LogP contribution in [0, 0.1) is 0 Å². The fourth-order valence-corrected chi connectivity index (χ4v) is 2.56. The van der Waals surface area contributed by atoms with E-state index in [9.17, 15) is 18.0 Å². The Hall–Kier alpha value is -1.67. The number of hydrogen-bond donors (Lipinski definition) is 0. The summed E-state index contributed by atoms with van der Waals surface area (Å²) in [6, 6.07) is 5.29. The molecule has 1 fully saturated rings. The molecule has 0 aromatic heterocycles.